The normalized spacial score (nSPS) is 11.4. The van der Waals surface area contributed by atoms with E-state index in [2.05, 4.69) is 33.1 Å². The molecule has 1 amide bonds. The molecular weight excluding hydrogens is 276 g/mol. The lowest BCUT2D eigenvalue weighted by molar-refractivity contribution is -0.123. The standard InChI is InChI=1S/C17H28N4O/c1-4-18-17(21-13-12-19-16(22)14(2)3)20-11-10-15-8-6-5-7-9-15/h5-9,14H,4,10-13H2,1-3H3,(H,19,22)(H2,18,20,21). The summed E-state index contributed by atoms with van der Waals surface area (Å²) in [6, 6.07) is 10.3. The van der Waals surface area contributed by atoms with Gasteiger partial charge in [-0.3, -0.25) is 9.79 Å². The second-order valence-corrected chi connectivity index (χ2v) is 5.37. The third kappa shape index (κ3) is 7.67. The molecule has 0 bridgehead atoms. The Bertz CT molecular complexity index is 457. The average Bonchev–Trinajstić information content (AvgIpc) is 2.52. The molecule has 0 aromatic heterocycles. The molecular formula is C17H28N4O. The average molecular weight is 304 g/mol. The zero-order chi connectivity index (χ0) is 16.2. The molecule has 0 saturated heterocycles. The van der Waals surface area contributed by atoms with Gasteiger partial charge in [-0.15, -0.1) is 0 Å². The van der Waals surface area contributed by atoms with E-state index in [0.29, 0.717) is 13.1 Å². The van der Waals surface area contributed by atoms with Crippen molar-refractivity contribution in [2.45, 2.75) is 27.2 Å². The number of rotatable bonds is 8. The van der Waals surface area contributed by atoms with Crippen LogP contribution in [0.2, 0.25) is 0 Å². The first-order chi connectivity index (χ1) is 10.6. The van der Waals surface area contributed by atoms with E-state index < -0.39 is 0 Å². The lowest BCUT2D eigenvalue weighted by Gasteiger charge is -2.12. The number of guanidine groups is 1. The fourth-order valence-corrected chi connectivity index (χ4v) is 1.85. The minimum Gasteiger partial charge on any atom is -0.357 e. The van der Waals surface area contributed by atoms with Crippen molar-refractivity contribution in [2.75, 3.05) is 26.2 Å². The van der Waals surface area contributed by atoms with Crippen LogP contribution in [0.25, 0.3) is 0 Å². The molecule has 0 atom stereocenters. The molecule has 0 unspecified atom stereocenters. The van der Waals surface area contributed by atoms with E-state index in [9.17, 15) is 4.79 Å². The number of nitrogens with zero attached hydrogens (tertiary/aromatic N) is 1. The van der Waals surface area contributed by atoms with Gasteiger partial charge in [0.05, 0.1) is 0 Å². The van der Waals surface area contributed by atoms with Gasteiger partial charge in [-0.2, -0.15) is 0 Å². The zero-order valence-electron chi connectivity index (χ0n) is 13.9. The summed E-state index contributed by atoms with van der Waals surface area (Å²) in [6.07, 6.45) is 0.918. The third-order valence-electron chi connectivity index (χ3n) is 3.10. The second-order valence-electron chi connectivity index (χ2n) is 5.37. The van der Waals surface area contributed by atoms with Gasteiger partial charge in [0, 0.05) is 32.1 Å². The number of carbonyl (C=O) groups is 1. The van der Waals surface area contributed by atoms with Crippen LogP contribution in [0.1, 0.15) is 26.3 Å². The van der Waals surface area contributed by atoms with Crippen LogP contribution in [0.5, 0.6) is 0 Å². The Balaban J connectivity index is 2.31. The molecule has 1 aromatic rings. The van der Waals surface area contributed by atoms with Crippen LogP contribution in [0, 0.1) is 5.92 Å². The summed E-state index contributed by atoms with van der Waals surface area (Å²) >= 11 is 0. The van der Waals surface area contributed by atoms with Crippen LogP contribution >= 0.6 is 0 Å². The Morgan fingerprint density at radius 2 is 1.77 bits per heavy atom. The van der Waals surface area contributed by atoms with E-state index in [0.717, 1.165) is 25.5 Å². The monoisotopic (exact) mass is 304 g/mol. The van der Waals surface area contributed by atoms with Crippen LogP contribution in [-0.2, 0) is 11.2 Å². The van der Waals surface area contributed by atoms with Crippen LogP contribution in [0.4, 0.5) is 0 Å². The first-order valence-corrected chi connectivity index (χ1v) is 7.97. The number of amides is 1. The molecule has 0 aliphatic carbocycles. The van der Waals surface area contributed by atoms with Gasteiger partial charge < -0.3 is 16.0 Å². The smallest absolute Gasteiger partial charge is 0.222 e. The molecule has 0 aliphatic rings. The predicted molar refractivity (Wildman–Crippen MR) is 92.0 cm³/mol. The number of carbonyl (C=O) groups excluding carboxylic acids is 1. The predicted octanol–water partition coefficient (Wildman–Crippen LogP) is 1.56. The Hall–Kier alpha value is -2.04. The number of benzene rings is 1. The van der Waals surface area contributed by atoms with E-state index in [4.69, 9.17) is 0 Å². The fraction of sp³-hybridized carbons (Fsp3) is 0.529. The molecule has 3 N–H and O–H groups in total. The van der Waals surface area contributed by atoms with Gasteiger partial charge in [0.2, 0.25) is 5.91 Å². The quantitative estimate of drug-likeness (QED) is 0.388. The Morgan fingerprint density at radius 3 is 2.41 bits per heavy atom. The molecule has 5 heteroatoms. The van der Waals surface area contributed by atoms with Crippen LogP contribution < -0.4 is 16.0 Å². The number of aliphatic imine (C=N–C) groups is 1. The summed E-state index contributed by atoms with van der Waals surface area (Å²) in [4.78, 5) is 16.0. The highest BCUT2D eigenvalue weighted by atomic mass is 16.1. The van der Waals surface area contributed by atoms with Crippen molar-refractivity contribution in [1.29, 1.82) is 0 Å². The van der Waals surface area contributed by atoms with Crippen molar-refractivity contribution >= 4 is 11.9 Å². The summed E-state index contributed by atoms with van der Waals surface area (Å²) in [5, 5.41) is 9.31. The van der Waals surface area contributed by atoms with Gasteiger partial charge in [-0.1, -0.05) is 44.2 Å². The minimum atomic E-state index is 0.0211. The SMILES string of the molecule is CCNC(=NCCc1ccccc1)NCCNC(=O)C(C)C. The van der Waals surface area contributed by atoms with Crippen molar-refractivity contribution in [2.24, 2.45) is 10.9 Å². The molecule has 22 heavy (non-hydrogen) atoms. The van der Waals surface area contributed by atoms with E-state index in [1.807, 2.05) is 39.0 Å². The fourth-order valence-electron chi connectivity index (χ4n) is 1.85. The molecule has 5 nitrogen and oxygen atoms in total. The zero-order valence-corrected chi connectivity index (χ0v) is 13.9. The van der Waals surface area contributed by atoms with Gasteiger partial charge in [0.1, 0.15) is 0 Å². The van der Waals surface area contributed by atoms with Gasteiger partial charge in [0.15, 0.2) is 5.96 Å². The molecule has 1 rings (SSSR count). The topological polar surface area (TPSA) is 65.5 Å². The molecule has 0 radical (unpaired) electrons. The summed E-state index contributed by atoms with van der Waals surface area (Å²) in [7, 11) is 0. The first kappa shape index (κ1) is 18.0. The minimum absolute atomic E-state index is 0.0211. The Morgan fingerprint density at radius 1 is 1.09 bits per heavy atom. The first-order valence-electron chi connectivity index (χ1n) is 7.97. The lowest BCUT2D eigenvalue weighted by atomic mass is 10.2. The summed E-state index contributed by atoms with van der Waals surface area (Å²) in [5.41, 5.74) is 1.28. The van der Waals surface area contributed by atoms with E-state index in [-0.39, 0.29) is 11.8 Å². The van der Waals surface area contributed by atoms with E-state index >= 15 is 0 Å². The third-order valence-corrected chi connectivity index (χ3v) is 3.10. The number of hydrogen-bond donors (Lipinski definition) is 3. The van der Waals surface area contributed by atoms with Crippen molar-refractivity contribution < 1.29 is 4.79 Å². The van der Waals surface area contributed by atoms with E-state index in [1.54, 1.807) is 0 Å². The van der Waals surface area contributed by atoms with Crippen LogP contribution in [-0.4, -0.2) is 38.0 Å². The summed E-state index contributed by atoms with van der Waals surface area (Å²) < 4.78 is 0. The molecule has 0 spiro atoms. The van der Waals surface area contributed by atoms with E-state index in [1.165, 1.54) is 5.56 Å². The highest BCUT2D eigenvalue weighted by molar-refractivity contribution is 5.80. The maximum atomic E-state index is 11.5. The van der Waals surface area contributed by atoms with Crippen LogP contribution in [0.3, 0.4) is 0 Å². The van der Waals surface area contributed by atoms with Gasteiger partial charge in [-0.25, -0.2) is 0 Å². The molecule has 1 aromatic carbocycles. The highest BCUT2D eigenvalue weighted by Gasteiger charge is 2.05. The van der Waals surface area contributed by atoms with Crippen molar-refractivity contribution in [3.8, 4) is 0 Å². The van der Waals surface area contributed by atoms with Crippen molar-refractivity contribution in [1.82, 2.24) is 16.0 Å². The van der Waals surface area contributed by atoms with Crippen LogP contribution in [0.15, 0.2) is 35.3 Å². The largest absolute Gasteiger partial charge is 0.357 e. The Labute approximate surface area is 133 Å². The Kier molecular flexibility index (Phi) is 8.72. The maximum Gasteiger partial charge on any atom is 0.222 e. The molecule has 0 aliphatic heterocycles. The van der Waals surface area contributed by atoms with Crippen molar-refractivity contribution in [3.63, 3.8) is 0 Å². The highest BCUT2D eigenvalue weighted by Crippen LogP contribution is 1.99. The van der Waals surface area contributed by atoms with Gasteiger partial charge in [0.25, 0.3) is 0 Å². The van der Waals surface area contributed by atoms with Gasteiger partial charge in [-0.05, 0) is 18.9 Å². The van der Waals surface area contributed by atoms with Gasteiger partial charge >= 0.3 is 0 Å². The summed E-state index contributed by atoms with van der Waals surface area (Å²) in [6.45, 7) is 8.62. The second kappa shape index (κ2) is 10.7. The molecule has 122 valence electrons. The maximum absolute atomic E-state index is 11.5. The van der Waals surface area contributed by atoms with Crippen molar-refractivity contribution in [3.05, 3.63) is 35.9 Å². The number of nitrogens with one attached hydrogen (secondary N) is 3. The molecule has 0 heterocycles. The lowest BCUT2D eigenvalue weighted by Crippen LogP contribution is -2.42. The molecule has 0 fully saturated rings. The summed E-state index contributed by atoms with van der Waals surface area (Å²) in [5.74, 6) is 0.887. The molecule has 0 saturated carbocycles. The number of hydrogen-bond acceptors (Lipinski definition) is 2.